The van der Waals surface area contributed by atoms with E-state index >= 15 is 0 Å². The van der Waals surface area contributed by atoms with Crippen molar-refractivity contribution in [2.24, 2.45) is 0 Å². The minimum atomic E-state index is 0.786. The first-order chi connectivity index (χ1) is 8.78. The van der Waals surface area contributed by atoms with Gasteiger partial charge >= 0.3 is 0 Å². The smallest absolute Gasteiger partial charge is 0.0234 e. The number of rotatable bonds is 5. The molecule has 0 bridgehead atoms. The third kappa shape index (κ3) is 4.30. The summed E-state index contributed by atoms with van der Waals surface area (Å²) < 4.78 is 0. The van der Waals surface area contributed by atoms with Gasteiger partial charge in [-0.15, -0.1) is 0 Å². The average Bonchev–Trinajstić information content (AvgIpc) is 2.38. The van der Waals surface area contributed by atoms with Gasteiger partial charge in [0, 0.05) is 30.6 Å². The molecule has 2 rings (SSSR count). The first-order valence-corrected chi connectivity index (χ1v) is 7.89. The van der Waals surface area contributed by atoms with Crippen LogP contribution in [0.3, 0.4) is 0 Å². The first-order valence-electron chi connectivity index (χ1n) is 6.84. The zero-order valence-corrected chi connectivity index (χ0v) is 12.3. The van der Waals surface area contributed by atoms with Crippen LogP contribution in [-0.2, 0) is 13.0 Å². The Balaban J connectivity index is 1.85. The maximum atomic E-state index is 3.19. The molecule has 1 aromatic carbocycles. The van der Waals surface area contributed by atoms with E-state index in [0.29, 0.717) is 0 Å². The summed E-state index contributed by atoms with van der Waals surface area (Å²) in [7, 11) is 2.00. The summed E-state index contributed by atoms with van der Waals surface area (Å²) in [6.07, 6.45) is 1.12. The summed E-state index contributed by atoms with van der Waals surface area (Å²) in [5, 5.41) is 3.98. The SMILES string of the molecule is CNCCc1ccc(CN2CCSC(C)C2)cc1. The van der Waals surface area contributed by atoms with E-state index in [1.807, 2.05) is 7.05 Å². The zero-order chi connectivity index (χ0) is 12.8. The molecule has 100 valence electrons. The van der Waals surface area contributed by atoms with E-state index in [1.165, 1.54) is 30.0 Å². The third-order valence-electron chi connectivity index (χ3n) is 3.42. The van der Waals surface area contributed by atoms with Gasteiger partial charge < -0.3 is 5.32 Å². The van der Waals surface area contributed by atoms with Crippen molar-refractivity contribution in [1.82, 2.24) is 10.2 Å². The standard InChI is InChI=1S/C15H24N2S/c1-13-11-17(9-10-18-13)12-15-5-3-14(4-6-15)7-8-16-2/h3-6,13,16H,7-12H2,1-2H3. The molecule has 0 aliphatic carbocycles. The molecule has 1 atom stereocenters. The summed E-state index contributed by atoms with van der Waals surface area (Å²) in [4.78, 5) is 2.57. The van der Waals surface area contributed by atoms with Crippen LogP contribution in [0.1, 0.15) is 18.1 Å². The van der Waals surface area contributed by atoms with E-state index in [2.05, 4.69) is 53.2 Å². The van der Waals surface area contributed by atoms with Gasteiger partial charge in [-0.05, 0) is 31.1 Å². The van der Waals surface area contributed by atoms with Crippen molar-refractivity contribution in [3.8, 4) is 0 Å². The van der Waals surface area contributed by atoms with Gasteiger partial charge in [0.25, 0.3) is 0 Å². The van der Waals surface area contributed by atoms with Crippen LogP contribution in [0.25, 0.3) is 0 Å². The van der Waals surface area contributed by atoms with Gasteiger partial charge in [-0.2, -0.15) is 11.8 Å². The van der Waals surface area contributed by atoms with Crippen LogP contribution >= 0.6 is 11.8 Å². The van der Waals surface area contributed by atoms with E-state index in [4.69, 9.17) is 0 Å². The number of likely N-dealkylation sites (N-methyl/N-ethyl adjacent to an activating group) is 1. The fourth-order valence-corrected chi connectivity index (χ4v) is 3.46. The van der Waals surface area contributed by atoms with Crippen LogP contribution in [0.2, 0.25) is 0 Å². The molecule has 2 nitrogen and oxygen atoms in total. The molecule has 0 spiro atoms. The summed E-state index contributed by atoms with van der Waals surface area (Å²) in [5.74, 6) is 1.28. The monoisotopic (exact) mass is 264 g/mol. The van der Waals surface area contributed by atoms with Gasteiger partial charge in [-0.3, -0.25) is 4.90 Å². The lowest BCUT2D eigenvalue weighted by Gasteiger charge is -2.30. The summed E-state index contributed by atoms with van der Waals surface area (Å²) in [6.45, 7) is 6.96. The summed E-state index contributed by atoms with van der Waals surface area (Å²) in [5.41, 5.74) is 2.87. The molecule has 3 heteroatoms. The highest BCUT2D eigenvalue weighted by atomic mass is 32.2. The molecule has 1 N–H and O–H groups in total. The Hall–Kier alpha value is -0.510. The van der Waals surface area contributed by atoms with Gasteiger partial charge in [0.1, 0.15) is 0 Å². The second-order valence-electron chi connectivity index (χ2n) is 5.09. The summed E-state index contributed by atoms with van der Waals surface area (Å²) in [6, 6.07) is 9.12. The average molecular weight is 264 g/mol. The molecule has 0 amide bonds. The van der Waals surface area contributed by atoms with Gasteiger partial charge in [0.2, 0.25) is 0 Å². The Labute approximate surface area is 115 Å². The van der Waals surface area contributed by atoms with Gasteiger partial charge in [-0.25, -0.2) is 0 Å². The highest BCUT2D eigenvalue weighted by molar-refractivity contribution is 7.99. The quantitative estimate of drug-likeness (QED) is 0.879. The first kappa shape index (κ1) is 13.9. The molecule has 18 heavy (non-hydrogen) atoms. The Kier molecular flexibility index (Phi) is 5.54. The van der Waals surface area contributed by atoms with Crippen LogP contribution in [-0.4, -0.2) is 42.6 Å². The third-order valence-corrected chi connectivity index (χ3v) is 4.55. The van der Waals surface area contributed by atoms with Gasteiger partial charge in [0.05, 0.1) is 0 Å². The van der Waals surface area contributed by atoms with Gasteiger partial charge in [-0.1, -0.05) is 31.2 Å². The second kappa shape index (κ2) is 7.17. The fraction of sp³-hybridized carbons (Fsp3) is 0.600. The molecule has 1 aromatic rings. The lowest BCUT2D eigenvalue weighted by atomic mass is 10.1. The molecule has 1 fully saturated rings. The number of benzene rings is 1. The molecule has 0 radical (unpaired) electrons. The molecule has 1 aliphatic heterocycles. The van der Waals surface area contributed by atoms with Crippen molar-refractivity contribution in [1.29, 1.82) is 0 Å². The Morgan fingerprint density at radius 2 is 2.00 bits per heavy atom. The topological polar surface area (TPSA) is 15.3 Å². The molecule has 1 heterocycles. The molecule has 1 aliphatic rings. The van der Waals surface area contributed by atoms with Crippen LogP contribution in [0, 0.1) is 0 Å². The lowest BCUT2D eigenvalue weighted by Crippen LogP contribution is -2.35. The van der Waals surface area contributed by atoms with E-state index in [-0.39, 0.29) is 0 Å². The Morgan fingerprint density at radius 1 is 1.28 bits per heavy atom. The molecular weight excluding hydrogens is 240 g/mol. The van der Waals surface area contributed by atoms with Crippen molar-refractivity contribution in [2.75, 3.05) is 32.4 Å². The normalized spacial score (nSPS) is 21.1. The van der Waals surface area contributed by atoms with E-state index in [0.717, 1.165) is 24.8 Å². The van der Waals surface area contributed by atoms with E-state index in [9.17, 15) is 0 Å². The molecule has 0 saturated carbocycles. The second-order valence-corrected chi connectivity index (χ2v) is 6.63. The number of nitrogens with zero attached hydrogens (tertiary/aromatic N) is 1. The number of thioether (sulfide) groups is 1. The number of nitrogens with one attached hydrogen (secondary N) is 1. The number of hydrogen-bond acceptors (Lipinski definition) is 3. The summed E-state index contributed by atoms with van der Waals surface area (Å²) >= 11 is 2.10. The van der Waals surface area contributed by atoms with Crippen molar-refractivity contribution >= 4 is 11.8 Å². The minimum Gasteiger partial charge on any atom is -0.319 e. The predicted octanol–water partition coefficient (Wildman–Crippen LogP) is 2.39. The molecule has 0 aromatic heterocycles. The molecular formula is C15H24N2S. The van der Waals surface area contributed by atoms with Crippen molar-refractivity contribution in [2.45, 2.75) is 25.1 Å². The number of hydrogen-bond donors (Lipinski definition) is 1. The maximum Gasteiger partial charge on any atom is 0.0234 e. The Morgan fingerprint density at radius 3 is 2.67 bits per heavy atom. The van der Waals surface area contributed by atoms with Crippen molar-refractivity contribution in [3.05, 3.63) is 35.4 Å². The zero-order valence-electron chi connectivity index (χ0n) is 11.5. The highest BCUT2D eigenvalue weighted by Crippen LogP contribution is 2.19. The highest BCUT2D eigenvalue weighted by Gasteiger charge is 2.16. The molecule has 1 saturated heterocycles. The van der Waals surface area contributed by atoms with E-state index < -0.39 is 0 Å². The van der Waals surface area contributed by atoms with E-state index in [1.54, 1.807) is 0 Å². The maximum absolute atomic E-state index is 3.19. The van der Waals surface area contributed by atoms with Crippen LogP contribution in [0.5, 0.6) is 0 Å². The predicted molar refractivity (Wildman–Crippen MR) is 81.3 cm³/mol. The van der Waals surface area contributed by atoms with Gasteiger partial charge in [0.15, 0.2) is 0 Å². The minimum absolute atomic E-state index is 0.786. The van der Waals surface area contributed by atoms with Crippen LogP contribution < -0.4 is 5.32 Å². The lowest BCUT2D eigenvalue weighted by molar-refractivity contribution is 0.278. The Bertz CT molecular complexity index is 350. The van der Waals surface area contributed by atoms with Crippen molar-refractivity contribution in [3.63, 3.8) is 0 Å². The largest absolute Gasteiger partial charge is 0.319 e. The molecule has 1 unspecified atom stereocenters. The van der Waals surface area contributed by atoms with Crippen molar-refractivity contribution < 1.29 is 0 Å². The van der Waals surface area contributed by atoms with Crippen LogP contribution in [0.4, 0.5) is 0 Å². The fourth-order valence-electron chi connectivity index (χ4n) is 2.37. The van der Waals surface area contributed by atoms with Crippen LogP contribution in [0.15, 0.2) is 24.3 Å².